The fourth-order valence-electron chi connectivity index (χ4n) is 1.74. The van der Waals surface area contributed by atoms with Crippen molar-refractivity contribution in [3.63, 3.8) is 0 Å². The topological polar surface area (TPSA) is 58.6 Å². The lowest BCUT2D eigenvalue weighted by Crippen LogP contribution is -2.53. The number of carbonyl (C=O) groups is 1. The highest BCUT2D eigenvalue weighted by Crippen LogP contribution is 2.29. The van der Waals surface area contributed by atoms with E-state index >= 15 is 0 Å². The molecule has 1 saturated heterocycles. The van der Waals surface area contributed by atoms with E-state index in [0.717, 1.165) is 11.3 Å². The molecule has 1 fully saturated rings. The highest BCUT2D eigenvalue weighted by molar-refractivity contribution is 6.30. The Bertz CT molecular complexity index is 443. The fourth-order valence-corrected chi connectivity index (χ4v) is 1.97. The molecule has 1 aliphatic rings. The summed E-state index contributed by atoms with van der Waals surface area (Å²) >= 11 is 5.85. The zero-order valence-electron chi connectivity index (χ0n) is 9.50. The van der Waals surface area contributed by atoms with Crippen LogP contribution in [0.5, 0.6) is 0 Å². The van der Waals surface area contributed by atoms with Crippen LogP contribution in [0.1, 0.15) is 5.56 Å². The van der Waals surface area contributed by atoms with Gasteiger partial charge in [-0.1, -0.05) is 11.6 Å². The summed E-state index contributed by atoms with van der Waals surface area (Å²) in [6.07, 6.45) is 0. The molecular formula is C12H14ClNO3. The van der Waals surface area contributed by atoms with E-state index in [0.29, 0.717) is 11.6 Å². The molecule has 0 aliphatic carbocycles. The van der Waals surface area contributed by atoms with Crippen molar-refractivity contribution in [3.8, 4) is 0 Å². The minimum absolute atomic E-state index is 0.266. The molecule has 0 unspecified atom stereocenters. The smallest absolute Gasteiger partial charge is 0.316 e. The normalized spacial score (nSPS) is 17.3. The average Bonchev–Trinajstić information content (AvgIpc) is 2.18. The number of aryl methyl sites for hydroxylation is 1. The molecular weight excluding hydrogens is 242 g/mol. The Hall–Kier alpha value is -1.26. The maximum Gasteiger partial charge on any atom is 0.316 e. The number of aliphatic carboxylic acids is 1. The summed E-state index contributed by atoms with van der Waals surface area (Å²) in [6.45, 7) is 2.83. The van der Waals surface area contributed by atoms with E-state index in [9.17, 15) is 4.79 Å². The van der Waals surface area contributed by atoms with Crippen molar-refractivity contribution in [2.24, 2.45) is 5.41 Å². The first-order valence-corrected chi connectivity index (χ1v) is 5.72. The Labute approximate surface area is 105 Å². The van der Waals surface area contributed by atoms with E-state index in [4.69, 9.17) is 21.4 Å². The van der Waals surface area contributed by atoms with Gasteiger partial charge in [0.25, 0.3) is 0 Å². The van der Waals surface area contributed by atoms with Gasteiger partial charge in [0.2, 0.25) is 0 Å². The summed E-state index contributed by atoms with van der Waals surface area (Å²) in [7, 11) is 0. The molecule has 1 heterocycles. The Morgan fingerprint density at radius 1 is 1.59 bits per heavy atom. The number of nitrogens with one attached hydrogen (secondary N) is 1. The third-order valence-corrected chi connectivity index (χ3v) is 3.25. The van der Waals surface area contributed by atoms with Crippen molar-refractivity contribution < 1.29 is 14.6 Å². The molecule has 5 heteroatoms. The van der Waals surface area contributed by atoms with Crippen LogP contribution in [-0.2, 0) is 9.53 Å². The second-order valence-electron chi connectivity index (χ2n) is 4.39. The summed E-state index contributed by atoms with van der Waals surface area (Å²) in [5.41, 5.74) is 1.12. The van der Waals surface area contributed by atoms with Gasteiger partial charge in [0.1, 0.15) is 5.41 Å². The quantitative estimate of drug-likeness (QED) is 0.866. The maximum absolute atomic E-state index is 11.1. The second-order valence-corrected chi connectivity index (χ2v) is 4.83. The van der Waals surface area contributed by atoms with E-state index < -0.39 is 11.4 Å². The van der Waals surface area contributed by atoms with Crippen molar-refractivity contribution in [1.29, 1.82) is 0 Å². The van der Waals surface area contributed by atoms with Crippen molar-refractivity contribution >= 4 is 23.3 Å². The Balaban J connectivity index is 2.04. The number of anilines is 1. The van der Waals surface area contributed by atoms with Gasteiger partial charge in [-0.2, -0.15) is 0 Å². The van der Waals surface area contributed by atoms with Gasteiger partial charge in [-0.25, -0.2) is 0 Å². The number of benzene rings is 1. The van der Waals surface area contributed by atoms with Gasteiger partial charge in [-0.3, -0.25) is 4.79 Å². The average molecular weight is 256 g/mol. The van der Waals surface area contributed by atoms with Crippen molar-refractivity contribution in [2.75, 3.05) is 25.1 Å². The molecule has 0 bridgehead atoms. The number of carboxylic acids is 1. The largest absolute Gasteiger partial charge is 0.481 e. The maximum atomic E-state index is 11.1. The number of rotatable bonds is 4. The van der Waals surface area contributed by atoms with Gasteiger partial charge in [0, 0.05) is 17.3 Å². The summed E-state index contributed by atoms with van der Waals surface area (Å²) < 4.78 is 5.00. The Morgan fingerprint density at radius 2 is 2.29 bits per heavy atom. The summed E-state index contributed by atoms with van der Waals surface area (Å²) in [5, 5.41) is 13.0. The Morgan fingerprint density at radius 3 is 2.76 bits per heavy atom. The molecule has 2 rings (SSSR count). The molecule has 92 valence electrons. The summed E-state index contributed by atoms with van der Waals surface area (Å²) in [6, 6.07) is 5.48. The lowest BCUT2D eigenvalue weighted by atomic mass is 9.86. The standard InChI is InChI=1S/C12H14ClNO3/c1-8-4-9(13)2-3-10(8)14-5-12(11(15)16)6-17-7-12/h2-4,14H,5-7H2,1H3,(H,15,16). The highest BCUT2D eigenvalue weighted by atomic mass is 35.5. The lowest BCUT2D eigenvalue weighted by molar-refractivity contribution is -0.176. The van der Waals surface area contributed by atoms with Crippen LogP contribution in [0, 0.1) is 12.3 Å². The van der Waals surface area contributed by atoms with Crippen LogP contribution in [0.3, 0.4) is 0 Å². The zero-order valence-corrected chi connectivity index (χ0v) is 10.3. The van der Waals surface area contributed by atoms with Crippen LogP contribution in [0.25, 0.3) is 0 Å². The number of halogens is 1. The summed E-state index contributed by atoms with van der Waals surface area (Å²) in [4.78, 5) is 11.1. The van der Waals surface area contributed by atoms with Crippen molar-refractivity contribution in [2.45, 2.75) is 6.92 Å². The molecule has 17 heavy (non-hydrogen) atoms. The third kappa shape index (κ3) is 2.37. The predicted molar refractivity (Wildman–Crippen MR) is 65.6 cm³/mol. The Kier molecular flexibility index (Phi) is 3.26. The van der Waals surface area contributed by atoms with Gasteiger partial charge in [0.05, 0.1) is 13.2 Å². The van der Waals surface area contributed by atoms with Gasteiger partial charge >= 0.3 is 5.97 Å². The molecule has 0 atom stereocenters. The number of hydrogen-bond acceptors (Lipinski definition) is 3. The van der Waals surface area contributed by atoms with Crippen LogP contribution >= 0.6 is 11.6 Å². The van der Waals surface area contributed by atoms with E-state index in [1.807, 2.05) is 19.1 Å². The molecule has 0 saturated carbocycles. The van der Waals surface area contributed by atoms with Gasteiger partial charge in [-0.15, -0.1) is 0 Å². The SMILES string of the molecule is Cc1cc(Cl)ccc1NCC1(C(=O)O)COC1. The molecule has 4 nitrogen and oxygen atoms in total. The first-order chi connectivity index (χ1) is 8.03. The van der Waals surface area contributed by atoms with Crippen LogP contribution in [-0.4, -0.2) is 30.8 Å². The van der Waals surface area contributed by atoms with Crippen molar-refractivity contribution in [3.05, 3.63) is 28.8 Å². The van der Waals surface area contributed by atoms with E-state index in [2.05, 4.69) is 5.32 Å². The fraction of sp³-hybridized carbons (Fsp3) is 0.417. The third-order valence-electron chi connectivity index (χ3n) is 3.02. The first-order valence-electron chi connectivity index (χ1n) is 5.35. The summed E-state index contributed by atoms with van der Waals surface area (Å²) in [5.74, 6) is -0.817. The number of carboxylic acid groups (broad SMARTS) is 1. The van der Waals surface area contributed by atoms with E-state index in [1.54, 1.807) is 6.07 Å². The number of hydrogen-bond donors (Lipinski definition) is 2. The molecule has 0 radical (unpaired) electrons. The zero-order chi connectivity index (χ0) is 12.5. The molecule has 0 aromatic heterocycles. The van der Waals surface area contributed by atoms with E-state index in [-0.39, 0.29) is 13.2 Å². The molecule has 1 aliphatic heterocycles. The van der Waals surface area contributed by atoms with Gasteiger partial charge in [-0.05, 0) is 30.7 Å². The lowest BCUT2D eigenvalue weighted by Gasteiger charge is -2.37. The van der Waals surface area contributed by atoms with Gasteiger partial charge in [0.15, 0.2) is 0 Å². The monoisotopic (exact) mass is 255 g/mol. The minimum atomic E-state index is -0.817. The number of ether oxygens (including phenoxy) is 1. The second kappa shape index (κ2) is 4.55. The predicted octanol–water partition coefficient (Wildman–Crippen LogP) is 2.16. The minimum Gasteiger partial charge on any atom is -0.481 e. The van der Waals surface area contributed by atoms with Crippen LogP contribution in [0.2, 0.25) is 5.02 Å². The molecule has 2 N–H and O–H groups in total. The van der Waals surface area contributed by atoms with Crippen LogP contribution < -0.4 is 5.32 Å². The van der Waals surface area contributed by atoms with Gasteiger partial charge < -0.3 is 15.2 Å². The molecule has 1 aromatic carbocycles. The van der Waals surface area contributed by atoms with Crippen molar-refractivity contribution in [1.82, 2.24) is 0 Å². The molecule has 0 spiro atoms. The molecule has 1 aromatic rings. The first kappa shape index (κ1) is 12.2. The van der Waals surface area contributed by atoms with E-state index in [1.165, 1.54) is 0 Å². The van der Waals surface area contributed by atoms with Crippen LogP contribution in [0.4, 0.5) is 5.69 Å². The highest BCUT2D eigenvalue weighted by Gasteiger charge is 2.46. The van der Waals surface area contributed by atoms with Crippen LogP contribution in [0.15, 0.2) is 18.2 Å². The molecule has 0 amide bonds.